The summed E-state index contributed by atoms with van der Waals surface area (Å²) < 4.78 is 58.8. The molecule has 0 radical (unpaired) electrons. The third-order valence-corrected chi connectivity index (χ3v) is 8.76. The van der Waals surface area contributed by atoms with Gasteiger partial charge in [-0.15, -0.1) is 0 Å². The second kappa shape index (κ2) is 8.73. The molecule has 1 atom stereocenters. The van der Waals surface area contributed by atoms with E-state index in [-0.39, 0.29) is 35.3 Å². The van der Waals surface area contributed by atoms with Crippen LogP contribution >= 0.6 is 0 Å². The average Bonchev–Trinajstić information content (AvgIpc) is 3.37. The number of hydrogen-bond donors (Lipinski definition) is 1. The number of carbonyl (C=O) groups is 1. The number of piperidine rings is 1. The molecule has 2 saturated heterocycles. The molecule has 1 N–H and O–H groups in total. The molecule has 0 spiro atoms. The Hall–Kier alpha value is -2.21. The van der Waals surface area contributed by atoms with Crippen molar-refractivity contribution in [3.63, 3.8) is 0 Å². The summed E-state index contributed by atoms with van der Waals surface area (Å²) in [5, 5.41) is 0. The van der Waals surface area contributed by atoms with Gasteiger partial charge in [-0.05, 0) is 62.3 Å². The van der Waals surface area contributed by atoms with Gasteiger partial charge in [0.2, 0.25) is 26.0 Å². The largest absolute Gasteiger partial charge is 0.468 e. The molecule has 11 heteroatoms. The van der Waals surface area contributed by atoms with E-state index >= 15 is 0 Å². The molecule has 2 aliphatic rings. The van der Waals surface area contributed by atoms with Crippen LogP contribution in [0.4, 0.5) is 5.69 Å². The van der Waals surface area contributed by atoms with Crippen LogP contribution in [0, 0.1) is 0 Å². The molecule has 168 valence electrons. The number of benzene rings is 1. The highest BCUT2D eigenvalue weighted by molar-refractivity contribution is 7.94. The molecular weight excluding hydrogens is 442 g/mol. The van der Waals surface area contributed by atoms with Crippen molar-refractivity contribution in [2.75, 3.05) is 29.7 Å². The first kappa shape index (κ1) is 22.0. The van der Waals surface area contributed by atoms with Crippen molar-refractivity contribution in [3.05, 3.63) is 48.4 Å². The van der Waals surface area contributed by atoms with Crippen LogP contribution < -0.4 is 9.03 Å². The summed E-state index contributed by atoms with van der Waals surface area (Å²) >= 11 is 0. The first-order chi connectivity index (χ1) is 14.8. The summed E-state index contributed by atoms with van der Waals surface area (Å²) in [6.45, 7) is 1.90. The molecule has 3 heterocycles. The van der Waals surface area contributed by atoms with E-state index in [1.165, 1.54) is 24.3 Å². The Bertz CT molecular complexity index is 1120. The maximum atomic E-state index is 12.9. The van der Waals surface area contributed by atoms with E-state index in [1.807, 2.05) is 6.07 Å². The molecule has 1 aromatic heterocycles. The molecule has 2 aromatic rings. The van der Waals surface area contributed by atoms with Gasteiger partial charge in [-0.1, -0.05) is 6.42 Å². The lowest BCUT2D eigenvalue weighted by Gasteiger charge is -2.33. The van der Waals surface area contributed by atoms with Crippen molar-refractivity contribution in [2.24, 2.45) is 0 Å². The minimum Gasteiger partial charge on any atom is -0.468 e. The topological polar surface area (TPSA) is 117 Å². The minimum absolute atomic E-state index is 0.00265. The van der Waals surface area contributed by atoms with Crippen molar-refractivity contribution in [3.8, 4) is 0 Å². The first-order valence-electron chi connectivity index (χ1n) is 10.2. The number of likely N-dealkylation sites (tertiary alicyclic amines) is 1. The highest BCUT2D eigenvalue weighted by atomic mass is 32.2. The zero-order valence-corrected chi connectivity index (χ0v) is 18.6. The van der Waals surface area contributed by atoms with Crippen LogP contribution in [0.25, 0.3) is 0 Å². The maximum Gasteiger partial charge on any atom is 0.242 e. The van der Waals surface area contributed by atoms with Gasteiger partial charge < -0.3 is 4.42 Å². The summed E-state index contributed by atoms with van der Waals surface area (Å²) in [5.74, 6) is -0.0489. The van der Waals surface area contributed by atoms with Crippen LogP contribution in [0.5, 0.6) is 0 Å². The Morgan fingerprint density at radius 3 is 2.35 bits per heavy atom. The van der Waals surface area contributed by atoms with E-state index in [4.69, 9.17) is 4.42 Å². The number of anilines is 1. The Balaban J connectivity index is 1.49. The predicted molar refractivity (Wildman–Crippen MR) is 114 cm³/mol. The number of hydrogen-bond acceptors (Lipinski definition) is 7. The predicted octanol–water partition coefficient (Wildman–Crippen LogP) is 1.85. The van der Waals surface area contributed by atoms with E-state index in [2.05, 4.69) is 9.62 Å². The normalized spacial score (nSPS) is 20.8. The zero-order valence-electron chi connectivity index (χ0n) is 16.9. The Kier molecular flexibility index (Phi) is 6.20. The average molecular weight is 468 g/mol. The first-order valence-corrected chi connectivity index (χ1v) is 13.3. The third kappa shape index (κ3) is 4.69. The molecule has 31 heavy (non-hydrogen) atoms. The van der Waals surface area contributed by atoms with Gasteiger partial charge in [-0.25, -0.2) is 25.9 Å². The van der Waals surface area contributed by atoms with Gasteiger partial charge in [0.25, 0.3) is 0 Å². The van der Waals surface area contributed by atoms with Crippen LogP contribution in [0.15, 0.2) is 52.0 Å². The number of rotatable bonds is 7. The van der Waals surface area contributed by atoms with Gasteiger partial charge in [0.15, 0.2) is 0 Å². The molecule has 9 nitrogen and oxygen atoms in total. The molecule has 1 aromatic carbocycles. The monoisotopic (exact) mass is 467 g/mol. The van der Waals surface area contributed by atoms with E-state index in [9.17, 15) is 21.6 Å². The minimum atomic E-state index is -3.84. The summed E-state index contributed by atoms with van der Waals surface area (Å²) in [7, 11) is -7.53. The van der Waals surface area contributed by atoms with Gasteiger partial charge in [0, 0.05) is 13.0 Å². The Morgan fingerprint density at radius 2 is 1.77 bits per heavy atom. The molecule has 2 aliphatic heterocycles. The zero-order chi connectivity index (χ0) is 22.1. The van der Waals surface area contributed by atoms with Crippen LogP contribution in [-0.4, -0.2) is 53.0 Å². The molecule has 2 fully saturated rings. The van der Waals surface area contributed by atoms with E-state index in [0.29, 0.717) is 5.76 Å². The maximum absolute atomic E-state index is 12.9. The van der Waals surface area contributed by atoms with Crippen molar-refractivity contribution < 1.29 is 26.0 Å². The van der Waals surface area contributed by atoms with E-state index in [0.717, 1.165) is 36.7 Å². The summed E-state index contributed by atoms with van der Waals surface area (Å²) in [5.41, 5.74) is 0.142. The smallest absolute Gasteiger partial charge is 0.242 e. The quantitative estimate of drug-likeness (QED) is 0.660. The van der Waals surface area contributed by atoms with E-state index in [1.54, 1.807) is 12.3 Å². The molecule has 0 aliphatic carbocycles. The van der Waals surface area contributed by atoms with Crippen LogP contribution in [0.2, 0.25) is 0 Å². The number of furan rings is 1. The fourth-order valence-corrected chi connectivity index (χ4v) is 6.52. The lowest BCUT2D eigenvalue weighted by Crippen LogP contribution is -2.40. The highest BCUT2D eigenvalue weighted by Gasteiger charge is 2.36. The van der Waals surface area contributed by atoms with Gasteiger partial charge in [0.05, 0.1) is 28.6 Å². The van der Waals surface area contributed by atoms with Gasteiger partial charge in [-0.3, -0.25) is 9.69 Å². The molecule has 1 unspecified atom stereocenters. The standard InChI is InChI=1S/C20H25N3O6S2/c24-20-10-14-30(25,26)23(20)16-6-8-17(9-7-16)31(27,28)21-15-18(19-5-4-13-29-19)22-11-2-1-3-12-22/h4-9,13,18,21H,1-3,10-12,14-15H2. The molecule has 0 bridgehead atoms. The fraction of sp³-hybridized carbons (Fsp3) is 0.450. The van der Waals surface area contributed by atoms with Crippen molar-refractivity contribution in [2.45, 2.75) is 36.6 Å². The van der Waals surface area contributed by atoms with Crippen LogP contribution in [-0.2, 0) is 24.8 Å². The van der Waals surface area contributed by atoms with Crippen molar-refractivity contribution in [1.82, 2.24) is 9.62 Å². The SMILES string of the molecule is O=C1CCS(=O)(=O)N1c1ccc(S(=O)(=O)NCC(c2ccco2)N2CCCCC2)cc1. The van der Waals surface area contributed by atoms with E-state index < -0.39 is 26.0 Å². The molecule has 0 saturated carbocycles. The lowest BCUT2D eigenvalue weighted by molar-refractivity contribution is -0.116. The van der Waals surface area contributed by atoms with Gasteiger partial charge in [0.1, 0.15) is 5.76 Å². The van der Waals surface area contributed by atoms with Gasteiger partial charge in [-0.2, -0.15) is 0 Å². The van der Waals surface area contributed by atoms with Crippen molar-refractivity contribution in [1.29, 1.82) is 0 Å². The number of nitrogens with one attached hydrogen (secondary N) is 1. The summed E-state index contributed by atoms with van der Waals surface area (Å²) in [6, 6.07) is 8.71. The number of sulfonamides is 2. The Labute approximate surface area is 182 Å². The Morgan fingerprint density at radius 1 is 1.06 bits per heavy atom. The molecule has 1 amide bonds. The second-order valence-electron chi connectivity index (χ2n) is 7.70. The molecule has 4 rings (SSSR count). The number of carbonyl (C=O) groups excluding carboxylic acids is 1. The number of amides is 1. The van der Waals surface area contributed by atoms with Gasteiger partial charge >= 0.3 is 0 Å². The number of nitrogens with zero attached hydrogens (tertiary/aromatic N) is 2. The lowest BCUT2D eigenvalue weighted by atomic mass is 10.1. The fourth-order valence-electron chi connectivity index (χ4n) is 4.02. The highest BCUT2D eigenvalue weighted by Crippen LogP contribution is 2.27. The molecular formula is C20H25N3O6S2. The van der Waals surface area contributed by atoms with Crippen LogP contribution in [0.1, 0.15) is 37.5 Å². The summed E-state index contributed by atoms with van der Waals surface area (Å²) in [6.07, 6.45) is 4.78. The summed E-state index contributed by atoms with van der Waals surface area (Å²) in [4.78, 5) is 14.1. The van der Waals surface area contributed by atoms with Crippen LogP contribution in [0.3, 0.4) is 0 Å². The third-order valence-electron chi connectivity index (χ3n) is 5.63. The second-order valence-corrected chi connectivity index (χ2v) is 11.4. The van der Waals surface area contributed by atoms with Crippen molar-refractivity contribution >= 4 is 31.6 Å².